The highest BCUT2D eigenvalue weighted by molar-refractivity contribution is 5.91. The molecule has 1 rings (SSSR count). The first-order valence-corrected chi connectivity index (χ1v) is 4.49. The zero-order chi connectivity index (χ0) is 10.7. The van der Waals surface area contributed by atoms with E-state index in [1.165, 1.54) is 11.1 Å². The number of aliphatic carboxylic acids is 1. The second kappa shape index (κ2) is 4.09. The largest absolute Gasteiger partial charge is 0.478 e. The summed E-state index contributed by atoms with van der Waals surface area (Å²) in [5.41, 5.74) is 3.69. The van der Waals surface area contributed by atoms with E-state index in [1.54, 1.807) is 13.0 Å². The molecule has 0 saturated heterocycles. The van der Waals surface area contributed by atoms with Gasteiger partial charge in [-0.3, -0.25) is 0 Å². The predicted octanol–water partition coefficient (Wildman–Crippen LogP) is 2.79. The maximum Gasteiger partial charge on any atom is 0.331 e. The Balaban J connectivity index is 3.04. The van der Waals surface area contributed by atoms with Gasteiger partial charge in [-0.1, -0.05) is 18.2 Å². The quantitative estimate of drug-likeness (QED) is 0.728. The van der Waals surface area contributed by atoms with Gasteiger partial charge >= 0.3 is 5.97 Å². The molecule has 1 aromatic rings. The van der Waals surface area contributed by atoms with E-state index in [1.807, 2.05) is 32.0 Å². The lowest BCUT2D eigenvalue weighted by atomic mass is 10.0. The van der Waals surface area contributed by atoms with Crippen LogP contribution in [0.5, 0.6) is 0 Å². The second-order valence-electron chi connectivity index (χ2n) is 3.48. The third-order valence-electron chi connectivity index (χ3n) is 2.25. The molecule has 0 amide bonds. The summed E-state index contributed by atoms with van der Waals surface area (Å²) in [5, 5.41) is 8.70. The fraction of sp³-hybridized carbons (Fsp3) is 0.250. The van der Waals surface area contributed by atoms with Crippen molar-refractivity contribution in [1.29, 1.82) is 0 Å². The maximum atomic E-state index is 10.6. The van der Waals surface area contributed by atoms with Gasteiger partial charge in [0.1, 0.15) is 0 Å². The first kappa shape index (κ1) is 10.5. The Kier molecular flexibility index (Phi) is 3.07. The zero-order valence-corrected chi connectivity index (χ0v) is 8.66. The van der Waals surface area contributed by atoms with Crippen LogP contribution in [-0.4, -0.2) is 11.1 Å². The van der Waals surface area contributed by atoms with Gasteiger partial charge in [0, 0.05) is 5.57 Å². The van der Waals surface area contributed by atoms with E-state index < -0.39 is 5.97 Å². The average molecular weight is 190 g/mol. The molecule has 0 aliphatic carbocycles. The normalized spacial score (nSPS) is 11.5. The monoisotopic (exact) mass is 190 g/mol. The summed E-state index contributed by atoms with van der Waals surface area (Å²) in [7, 11) is 0. The van der Waals surface area contributed by atoms with Crippen LogP contribution in [0.25, 0.3) is 6.08 Å². The molecule has 1 N–H and O–H groups in total. The van der Waals surface area contributed by atoms with Crippen molar-refractivity contribution < 1.29 is 9.90 Å². The molecule has 0 aliphatic rings. The van der Waals surface area contributed by atoms with Gasteiger partial charge in [0.25, 0.3) is 0 Å². The number of carboxylic acid groups (broad SMARTS) is 1. The molecule has 0 saturated carbocycles. The van der Waals surface area contributed by atoms with Gasteiger partial charge in [-0.2, -0.15) is 0 Å². The molecule has 1 aromatic carbocycles. The van der Waals surface area contributed by atoms with Crippen molar-refractivity contribution in [3.63, 3.8) is 0 Å². The van der Waals surface area contributed by atoms with Crippen molar-refractivity contribution in [2.75, 3.05) is 0 Å². The number of carboxylic acids is 1. The molecule has 74 valence electrons. The number of hydrogen-bond acceptors (Lipinski definition) is 1. The molecule has 0 atom stereocenters. The first-order valence-electron chi connectivity index (χ1n) is 4.49. The molecule has 0 fully saturated rings. The Labute approximate surface area is 83.9 Å². The van der Waals surface area contributed by atoms with Crippen molar-refractivity contribution in [1.82, 2.24) is 0 Å². The number of carbonyl (C=O) groups is 1. The molecular formula is C12H14O2. The second-order valence-corrected chi connectivity index (χ2v) is 3.48. The summed E-state index contributed by atoms with van der Waals surface area (Å²) >= 11 is 0. The minimum absolute atomic E-state index is 0.355. The minimum Gasteiger partial charge on any atom is -0.478 e. The van der Waals surface area contributed by atoms with Gasteiger partial charge < -0.3 is 5.11 Å². The Bertz CT molecular complexity index is 389. The van der Waals surface area contributed by atoms with E-state index in [0.29, 0.717) is 5.57 Å². The molecule has 0 aromatic heterocycles. The zero-order valence-electron chi connectivity index (χ0n) is 8.66. The molecule has 0 spiro atoms. The molecule has 0 bridgehead atoms. The van der Waals surface area contributed by atoms with Crippen LogP contribution in [0.2, 0.25) is 0 Å². The van der Waals surface area contributed by atoms with Gasteiger partial charge in [-0.05, 0) is 43.5 Å². The summed E-state index contributed by atoms with van der Waals surface area (Å²) < 4.78 is 0. The molecule has 2 heteroatoms. The first-order chi connectivity index (χ1) is 6.50. The number of aryl methyl sites for hydroxylation is 2. The Morgan fingerprint density at radius 3 is 2.43 bits per heavy atom. The van der Waals surface area contributed by atoms with E-state index >= 15 is 0 Å². The van der Waals surface area contributed by atoms with Crippen LogP contribution in [0.15, 0.2) is 23.8 Å². The van der Waals surface area contributed by atoms with Crippen LogP contribution in [0.1, 0.15) is 23.6 Å². The summed E-state index contributed by atoms with van der Waals surface area (Å²) in [6.07, 6.45) is 1.68. The fourth-order valence-corrected chi connectivity index (χ4v) is 1.17. The molecule has 0 unspecified atom stereocenters. The van der Waals surface area contributed by atoms with Crippen molar-refractivity contribution >= 4 is 12.0 Å². The lowest BCUT2D eigenvalue weighted by Crippen LogP contribution is -1.95. The van der Waals surface area contributed by atoms with E-state index in [2.05, 4.69) is 0 Å². The van der Waals surface area contributed by atoms with Gasteiger partial charge in [0.15, 0.2) is 0 Å². The van der Waals surface area contributed by atoms with Gasteiger partial charge in [-0.25, -0.2) is 4.79 Å². The highest BCUT2D eigenvalue weighted by Crippen LogP contribution is 2.12. The number of benzene rings is 1. The topological polar surface area (TPSA) is 37.3 Å². The van der Waals surface area contributed by atoms with Crippen molar-refractivity contribution in [3.8, 4) is 0 Å². The summed E-state index contributed by atoms with van der Waals surface area (Å²) in [5.74, 6) is -0.872. The van der Waals surface area contributed by atoms with Gasteiger partial charge in [0.05, 0.1) is 0 Å². The van der Waals surface area contributed by atoms with Crippen LogP contribution in [0.3, 0.4) is 0 Å². The lowest BCUT2D eigenvalue weighted by molar-refractivity contribution is -0.132. The SMILES string of the molecule is C/C(=C\c1ccc(C)c(C)c1)C(=O)O. The highest BCUT2D eigenvalue weighted by atomic mass is 16.4. The minimum atomic E-state index is -0.872. The van der Waals surface area contributed by atoms with Crippen LogP contribution in [0.4, 0.5) is 0 Å². The Hall–Kier alpha value is -1.57. The van der Waals surface area contributed by atoms with E-state index in [9.17, 15) is 4.79 Å². The third-order valence-corrected chi connectivity index (χ3v) is 2.25. The van der Waals surface area contributed by atoms with Crippen LogP contribution < -0.4 is 0 Å². The summed E-state index contributed by atoms with van der Waals surface area (Å²) in [4.78, 5) is 10.6. The summed E-state index contributed by atoms with van der Waals surface area (Å²) in [6.45, 7) is 5.65. The average Bonchev–Trinajstić information content (AvgIpc) is 2.11. The third kappa shape index (κ3) is 2.46. The standard InChI is InChI=1S/C12H14O2/c1-8-4-5-11(6-9(8)2)7-10(3)12(13)14/h4-7H,1-3H3,(H,13,14)/b10-7+. The van der Waals surface area contributed by atoms with Crippen molar-refractivity contribution in [2.45, 2.75) is 20.8 Å². The molecule has 0 heterocycles. The van der Waals surface area contributed by atoms with Crippen LogP contribution >= 0.6 is 0 Å². The van der Waals surface area contributed by atoms with Gasteiger partial charge in [0.2, 0.25) is 0 Å². The Morgan fingerprint density at radius 1 is 1.29 bits per heavy atom. The van der Waals surface area contributed by atoms with E-state index in [4.69, 9.17) is 5.11 Å². The van der Waals surface area contributed by atoms with Crippen LogP contribution in [0, 0.1) is 13.8 Å². The van der Waals surface area contributed by atoms with Gasteiger partial charge in [-0.15, -0.1) is 0 Å². The number of hydrogen-bond donors (Lipinski definition) is 1. The smallest absolute Gasteiger partial charge is 0.331 e. The van der Waals surface area contributed by atoms with Crippen LogP contribution in [-0.2, 0) is 4.79 Å². The highest BCUT2D eigenvalue weighted by Gasteiger charge is 2.00. The predicted molar refractivity (Wildman–Crippen MR) is 57.2 cm³/mol. The van der Waals surface area contributed by atoms with E-state index in [0.717, 1.165) is 5.56 Å². The van der Waals surface area contributed by atoms with Crippen molar-refractivity contribution in [2.24, 2.45) is 0 Å². The maximum absolute atomic E-state index is 10.6. The number of rotatable bonds is 2. The molecule has 2 nitrogen and oxygen atoms in total. The fourth-order valence-electron chi connectivity index (χ4n) is 1.17. The van der Waals surface area contributed by atoms with Crippen molar-refractivity contribution in [3.05, 3.63) is 40.5 Å². The molecule has 0 radical (unpaired) electrons. The summed E-state index contributed by atoms with van der Waals surface area (Å²) in [6, 6.07) is 5.91. The molecule has 0 aliphatic heterocycles. The Morgan fingerprint density at radius 2 is 1.93 bits per heavy atom. The molecular weight excluding hydrogens is 176 g/mol. The molecule has 14 heavy (non-hydrogen) atoms. The lowest BCUT2D eigenvalue weighted by Gasteiger charge is -2.01. The van der Waals surface area contributed by atoms with E-state index in [-0.39, 0.29) is 0 Å².